The Morgan fingerprint density at radius 3 is 2.85 bits per heavy atom. The molecule has 2 N–H and O–H groups in total. The van der Waals surface area contributed by atoms with E-state index < -0.39 is 9.84 Å². The van der Waals surface area contributed by atoms with Crippen molar-refractivity contribution in [1.29, 1.82) is 0 Å². The van der Waals surface area contributed by atoms with Gasteiger partial charge in [-0.15, -0.1) is 0 Å². The summed E-state index contributed by atoms with van der Waals surface area (Å²) in [5.74, 6) is 0.797. The fourth-order valence-corrected chi connectivity index (χ4v) is 4.10. The molecular weight excluding hydrogens is 302 g/mol. The lowest BCUT2D eigenvalue weighted by Crippen LogP contribution is -2.05. The van der Waals surface area contributed by atoms with Crippen LogP contribution >= 0.6 is 11.6 Å². The van der Waals surface area contributed by atoms with Gasteiger partial charge >= 0.3 is 0 Å². The van der Waals surface area contributed by atoms with E-state index >= 15 is 0 Å². The van der Waals surface area contributed by atoms with Crippen LogP contribution in [-0.4, -0.2) is 30.1 Å². The molecule has 20 heavy (non-hydrogen) atoms. The molecule has 3 rings (SSSR count). The first-order chi connectivity index (χ1) is 9.44. The highest BCUT2D eigenvalue weighted by molar-refractivity contribution is 7.91. The predicted molar refractivity (Wildman–Crippen MR) is 75.2 cm³/mol. The van der Waals surface area contributed by atoms with E-state index in [0.29, 0.717) is 34.4 Å². The van der Waals surface area contributed by atoms with Crippen LogP contribution in [0.25, 0.3) is 11.5 Å². The van der Waals surface area contributed by atoms with Crippen molar-refractivity contribution in [2.45, 2.75) is 12.3 Å². The number of benzene rings is 1. The van der Waals surface area contributed by atoms with Crippen LogP contribution in [0.5, 0.6) is 0 Å². The first kappa shape index (κ1) is 13.4. The van der Waals surface area contributed by atoms with E-state index in [1.54, 1.807) is 18.2 Å². The summed E-state index contributed by atoms with van der Waals surface area (Å²) in [6.45, 7) is 0. The average Bonchev–Trinajstić information content (AvgIpc) is 2.99. The molecule has 8 heteroatoms. The topological polar surface area (TPSA) is 99.1 Å². The molecule has 1 atom stereocenters. The molecule has 2 aromatic rings. The van der Waals surface area contributed by atoms with Gasteiger partial charge in [0.05, 0.1) is 22.2 Å². The molecule has 0 spiro atoms. The fraction of sp³-hybridized carbons (Fsp3) is 0.333. The number of nitrogens with zero attached hydrogens (tertiary/aromatic N) is 2. The minimum atomic E-state index is -2.97. The Morgan fingerprint density at radius 2 is 2.20 bits per heavy atom. The molecule has 1 aromatic heterocycles. The van der Waals surface area contributed by atoms with E-state index in [9.17, 15) is 8.42 Å². The maximum atomic E-state index is 11.5. The third-order valence-electron chi connectivity index (χ3n) is 3.29. The van der Waals surface area contributed by atoms with Crippen LogP contribution in [0.4, 0.5) is 5.69 Å². The highest BCUT2D eigenvalue weighted by atomic mass is 35.5. The largest absolute Gasteiger partial charge is 0.398 e. The van der Waals surface area contributed by atoms with Crippen molar-refractivity contribution in [2.24, 2.45) is 0 Å². The standard InChI is InChI=1S/C12H12ClN3O3S/c13-9-5-7(1-2-10(9)14)12-15-11(16-19-12)8-3-4-20(17,18)6-8/h1-2,5,8H,3-4,6,14H2. The lowest BCUT2D eigenvalue weighted by molar-refractivity contribution is 0.418. The van der Waals surface area contributed by atoms with Crippen LogP contribution in [0.15, 0.2) is 22.7 Å². The molecule has 6 nitrogen and oxygen atoms in total. The van der Waals surface area contributed by atoms with Crippen LogP contribution in [0.1, 0.15) is 18.2 Å². The molecule has 0 amide bonds. The van der Waals surface area contributed by atoms with Gasteiger partial charge in [0.2, 0.25) is 0 Å². The quantitative estimate of drug-likeness (QED) is 0.850. The third kappa shape index (κ3) is 2.51. The second-order valence-corrected chi connectivity index (χ2v) is 7.43. The van der Waals surface area contributed by atoms with Crippen molar-refractivity contribution in [1.82, 2.24) is 10.1 Å². The van der Waals surface area contributed by atoms with Gasteiger partial charge in [-0.3, -0.25) is 0 Å². The van der Waals surface area contributed by atoms with Gasteiger partial charge in [-0.1, -0.05) is 16.8 Å². The van der Waals surface area contributed by atoms with Crippen LogP contribution in [0.3, 0.4) is 0 Å². The summed E-state index contributed by atoms with van der Waals surface area (Å²) < 4.78 is 28.1. The number of hydrogen-bond donors (Lipinski definition) is 1. The van der Waals surface area contributed by atoms with E-state index in [-0.39, 0.29) is 17.4 Å². The van der Waals surface area contributed by atoms with Crippen molar-refractivity contribution in [3.8, 4) is 11.5 Å². The van der Waals surface area contributed by atoms with Gasteiger partial charge in [0.25, 0.3) is 5.89 Å². The van der Waals surface area contributed by atoms with Crippen molar-refractivity contribution in [2.75, 3.05) is 17.2 Å². The molecule has 1 unspecified atom stereocenters. The van der Waals surface area contributed by atoms with Crippen molar-refractivity contribution < 1.29 is 12.9 Å². The lowest BCUT2D eigenvalue weighted by Gasteiger charge is -1.99. The monoisotopic (exact) mass is 313 g/mol. The fourth-order valence-electron chi connectivity index (χ4n) is 2.18. The number of anilines is 1. The molecule has 1 aliphatic rings. The number of sulfone groups is 1. The van der Waals surface area contributed by atoms with Crippen LogP contribution in [0, 0.1) is 0 Å². The third-order valence-corrected chi connectivity index (χ3v) is 5.38. The first-order valence-corrected chi connectivity index (χ1v) is 8.24. The van der Waals surface area contributed by atoms with E-state index in [2.05, 4.69) is 10.1 Å². The molecule has 106 valence electrons. The lowest BCUT2D eigenvalue weighted by atomic mass is 10.1. The molecule has 0 radical (unpaired) electrons. The maximum absolute atomic E-state index is 11.5. The molecule has 2 heterocycles. The van der Waals surface area contributed by atoms with Crippen molar-refractivity contribution >= 4 is 27.1 Å². The summed E-state index contributed by atoms with van der Waals surface area (Å²) in [6, 6.07) is 5.02. The summed E-state index contributed by atoms with van der Waals surface area (Å²) in [4.78, 5) is 4.26. The Labute approximate surface area is 120 Å². The van der Waals surface area contributed by atoms with Gasteiger partial charge < -0.3 is 10.3 Å². The summed E-state index contributed by atoms with van der Waals surface area (Å²) in [5.41, 5.74) is 6.76. The van der Waals surface area contributed by atoms with Gasteiger partial charge in [0.15, 0.2) is 15.7 Å². The number of nitrogens with two attached hydrogens (primary N) is 1. The van der Waals surface area contributed by atoms with Gasteiger partial charge in [-0.05, 0) is 24.6 Å². The number of hydrogen-bond acceptors (Lipinski definition) is 6. The maximum Gasteiger partial charge on any atom is 0.257 e. The molecule has 1 saturated heterocycles. The smallest absolute Gasteiger partial charge is 0.257 e. The van der Waals surface area contributed by atoms with Crippen molar-refractivity contribution in [3.05, 3.63) is 29.0 Å². The van der Waals surface area contributed by atoms with Crippen LogP contribution in [-0.2, 0) is 9.84 Å². The molecule has 1 fully saturated rings. The summed E-state index contributed by atoms with van der Waals surface area (Å²) in [6.07, 6.45) is 0.532. The zero-order chi connectivity index (χ0) is 14.3. The molecule has 0 aliphatic carbocycles. The highest BCUT2D eigenvalue weighted by Crippen LogP contribution is 2.30. The minimum absolute atomic E-state index is 0.0778. The second kappa shape index (κ2) is 4.75. The van der Waals surface area contributed by atoms with Gasteiger partial charge in [-0.25, -0.2) is 8.42 Å². The van der Waals surface area contributed by atoms with Crippen LogP contribution < -0.4 is 5.73 Å². The average molecular weight is 314 g/mol. The van der Waals surface area contributed by atoms with E-state index in [4.69, 9.17) is 21.9 Å². The normalized spacial score (nSPS) is 21.1. The van der Waals surface area contributed by atoms with E-state index in [0.717, 1.165) is 0 Å². The van der Waals surface area contributed by atoms with Gasteiger partial charge in [-0.2, -0.15) is 4.98 Å². The summed E-state index contributed by atoms with van der Waals surface area (Å²) in [7, 11) is -2.97. The van der Waals surface area contributed by atoms with E-state index in [1.165, 1.54) is 0 Å². The number of nitrogen functional groups attached to an aromatic ring is 1. The Bertz CT molecular complexity index is 757. The molecule has 0 bridgehead atoms. The molecule has 1 aromatic carbocycles. The SMILES string of the molecule is Nc1ccc(-c2nc(C3CCS(=O)(=O)C3)no2)cc1Cl. The molecular formula is C12H12ClN3O3S. The van der Waals surface area contributed by atoms with Crippen LogP contribution in [0.2, 0.25) is 5.02 Å². The Kier molecular flexibility index (Phi) is 3.18. The highest BCUT2D eigenvalue weighted by Gasteiger charge is 2.32. The summed E-state index contributed by atoms with van der Waals surface area (Å²) in [5, 5.41) is 4.28. The zero-order valence-corrected chi connectivity index (χ0v) is 12.0. The minimum Gasteiger partial charge on any atom is -0.398 e. The second-order valence-electron chi connectivity index (χ2n) is 4.79. The van der Waals surface area contributed by atoms with E-state index in [1.807, 2.05) is 0 Å². The first-order valence-electron chi connectivity index (χ1n) is 6.04. The number of halogens is 1. The predicted octanol–water partition coefficient (Wildman–Crippen LogP) is 1.87. The summed E-state index contributed by atoms with van der Waals surface area (Å²) >= 11 is 5.94. The number of rotatable bonds is 2. The Morgan fingerprint density at radius 1 is 1.40 bits per heavy atom. The van der Waals surface area contributed by atoms with Gasteiger partial charge in [0, 0.05) is 11.5 Å². The van der Waals surface area contributed by atoms with Gasteiger partial charge in [0.1, 0.15) is 0 Å². The molecule has 1 aliphatic heterocycles. The number of aromatic nitrogens is 2. The Hall–Kier alpha value is -1.60. The zero-order valence-electron chi connectivity index (χ0n) is 10.4. The van der Waals surface area contributed by atoms with Crippen molar-refractivity contribution in [3.63, 3.8) is 0 Å². The Balaban J connectivity index is 1.89. The molecule has 0 saturated carbocycles.